The van der Waals surface area contributed by atoms with Gasteiger partial charge in [-0.15, -0.1) is 11.3 Å². The van der Waals surface area contributed by atoms with Crippen LogP contribution in [0.2, 0.25) is 0 Å². The summed E-state index contributed by atoms with van der Waals surface area (Å²) in [6.07, 6.45) is 5.80. The molecule has 2 rings (SSSR count). The van der Waals surface area contributed by atoms with E-state index in [1.165, 1.54) is 16.0 Å². The van der Waals surface area contributed by atoms with E-state index in [1.54, 1.807) is 0 Å². The number of guanidine groups is 1. The second-order valence-electron chi connectivity index (χ2n) is 5.28. The summed E-state index contributed by atoms with van der Waals surface area (Å²) in [5.74, 6) is 0.947. The molecule has 0 bridgehead atoms. The Hall–Kier alpha value is -1.88. The zero-order chi connectivity index (χ0) is 15.8. The molecule has 2 aromatic heterocycles. The number of nitrogens with zero attached hydrogens (tertiary/aromatic N) is 3. The maximum atomic E-state index is 4.36. The van der Waals surface area contributed by atoms with Crippen LogP contribution in [0.15, 0.2) is 41.0 Å². The predicted octanol–water partition coefficient (Wildman–Crippen LogP) is 2.74. The lowest BCUT2D eigenvalue weighted by atomic mass is 10.1. The zero-order valence-corrected chi connectivity index (χ0v) is 14.4. The predicted molar refractivity (Wildman–Crippen MR) is 94.7 cm³/mol. The molecule has 0 aliphatic rings. The summed E-state index contributed by atoms with van der Waals surface area (Å²) >= 11 is 1.81. The SMILES string of the molecule is CN=C(NCCc1ccncc1C)N(C)CCc1cccs1. The number of aliphatic imine (C=N–C) groups is 1. The van der Waals surface area contributed by atoms with Gasteiger partial charge in [-0.2, -0.15) is 0 Å². The molecule has 0 unspecified atom stereocenters. The van der Waals surface area contributed by atoms with Crippen molar-refractivity contribution in [2.75, 3.05) is 27.2 Å². The fraction of sp³-hybridized carbons (Fsp3) is 0.412. The number of nitrogens with one attached hydrogen (secondary N) is 1. The molecule has 0 aliphatic carbocycles. The Kier molecular flexibility index (Phi) is 6.40. The third kappa shape index (κ3) is 4.84. The van der Waals surface area contributed by atoms with Gasteiger partial charge in [0.1, 0.15) is 0 Å². The highest BCUT2D eigenvalue weighted by Gasteiger charge is 2.06. The molecule has 5 heteroatoms. The van der Waals surface area contributed by atoms with Gasteiger partial charge >= 0.3 is 0 Å². The number of hydrogen-bond donors (Lipinski definition) is 1. The van der Waals surface area contributed by atoms with Crippen LogP contribution in [-0.4, -0.2) is 43.0 Å². The Balaban J connectivity index is 1.78. The smallest absolute Gasteiger partial charge is 0.193 e. The molecule has 4 nitrogen and oxygen atoms in total. The molecule has 1 N–H and O–H groups in total. The number of thiophene rings is 1. The minimum atomic E-state index is 0.876. The number of likely N-dealkylation sites (N-methyl/N-ethyl adjacent to an activating group) is 1. The second kappa shape index (κ2) is 8.54. The van der Waals surface area contributed by atoms with Crippen LogP contribution in [0.25, 0.3) is 0 Å². The quantitative estimate of drug-likeness (QED) is 0.658. The fourth-order valence-corrected chi connectivity index (χ4v) is 3.01. The molecule has 0 radical (unpaired) electrons. The Morgan fingerprint density at radius 3 is 2.91 bits per heavy atom. The Labute approximate surface area is 136 Å². The molecular formula is C17H24N4S. The van der Waals surface area contributed by atoms with Crippen LogP contribution in [-0.2, 0) is 12.8 Å². The summed E-state index contributed by atoms with van der Waals surface area (Å²) in [6.45, 7) is 3.94. The number of rotatable bonds is 6. The van der Waals surface area contributed by atoms with Crippen molar-refractivity contribution in [2.24, 2.45) is 4.99 Å². The van der Waals surface area contributed by atoms with Gasteiger partial charge in [0.25, 0.3) is 0 Å². The average molecular weight is 316 g/mol. The van der Waals surface area contributed by atoms with Gasteiger partial charge in [-0.05, 0) is 48.4 Å². The Morgan fingerprint density at radius 2 is 2.23 bits per heavy atom. The number of hydrogen-bond acceptors (Lipinski definition) is 3. The molecular weight excluding hydrogens is 292 g/mol. The molecule has 0 saturated carbocycles. The summed E-state index contributed by atoms with van der Waals surface area (Å²) in [4.78, 5) is 12.1. The summed E-state index contributed by atoms with van der Waals surface area (Å²) in [5, 5.41) is 5.56. The Morgan fingerprint density at radius 1 is 1.36 bits per heavy atom. The minimum Gasteiger partial charge on any atom is -0.356 e. The topological polar surface area (TPSA) is 40.5 Å². The van der Waals surface area contributed by atoms with Crippen LogP contribution in [0.3, 0.4) is 0 Å². The van der Waals surface area contributed by atoms with E-state index >= 15 is 0 Å². The average Bonchev–Trinajstić information content (AvgIpc) is 3.04. The van der Waals surface area contributed by atoms with E-state index in [4.69, 9.17) is 0 Å². The van der Waals surface area contributed by atoms with Crippen LogP contribution in [0.5, 0.6) is 0 Å². The van der Waals surface area contributed by atoms with Gasteiger partial charge in [0, 0.05) is 44.5 Å². The number of aryl methyl sites for hydroxylation is 1. The van der Waals surface area contributed by atoms with Crippen molar-refractivity contribution in [1.29, 1.82) is 0 Å². The van der Waals surface area contributed by atoms with Gasteiger partial charge in [-0.3, -0.25) is 9.98 Å². The van der Waals surface area contributed by atoms with Crippen LogP contribution < -0.4 is 5.32 Å². The van der Waals surface area contributed by atoms with E-state index in [0.29, 0.717) is 0 Å². The van der Waals surface area contributed by atoms with Gasteiger partial charge in [0.05, 0.1) is 0 Å². The number of pyridine rings is 1. The van der Waals surface area contributed by atoms with Gasteiger partial charge < -0.3 is 10.2 Å². The van der Waals surface area contributed by atoms with Crippen molar-refractivity contribution in [3.05, 3.63) is 52.0 Å². The molecule has 2 heterocycles. The highest BCUT2D eigenvalue weighted by Crippen LogP contribution is 2.09. The summed E-state index contributed by atoms with van der Waals surface area (Å²) in [5.41, 5.74) is 2.57. The molecule has 118 valence electrons. The van der Waals surface area contributed by atoms with E-state index < -0.39 is 0 Å². The highest BCUT2D eigenvalue weighted by atomic mass is 32.1. The van der Waals surface area contributed by atoms with Crippen molar-refractivity contribution in [2.45, 2.75) is 19.8 Å². The monoisotopic (exact) mass is 316 g/mol. The van der Waals surface area contributed by atoms with Crippen LogP contribution in [0, 0.1) is 6.92 Å². The van der Waals surface area contributed by atoms with Gasteiger partial charge in [0.2, 0.25) is 0 Å². The van der Waals surface area contributed by atoms with Gasteiger partial charge in [-0.25, -0.2) is 0 Å². The minimum absolute atomic E-state index is 0.876. The molecule has 0 spiro atoms. The fourth-order valence-electron chi connectivity index (χ4n) is 2.32. The first-order chi connectivity index (χ1) is 10.7. The second-order valence-corrected chi connectivity index (χ2v) is 6.31. The largest absolute Gasteiger partial charge is 0.356 e. The van der Waals surface area contributed by atoms with Crippen LogP contribution in [0.4, 0.5) is 0 Å². The van der Waals surface area contributed by atoms with Crippen LogP contribution >= 0.6 is 11.3 Å². The van der Waals surface area contributed by atoms with Gasteiger partial charge in [-0.1, -0.05) is 6.07 Å². The molecule has 0 atom stereocenters. The molecule has 0 saturated heterocycles. The Bertz CT molecular complexity index is 592. The van der Waals surface area contributed by atoms with E-state index in [-0.39, 0.29) is 0 Å². The lowest BCUT2D eigenvalue weighted by Gasteiger charge is -2.22. The lowest BCUT2D eigenvalue weighted by Crippen LogP contribution is -2.40. The van der Waals surface area contributed by atoms with Crippen molar-refractivity contribution in [3.8, 4) is 0 Å². The van der Waals surface area contributed by atoms with Crippen molar-refractivity contribution >= 4 is 17.3 Å². The number of aromatic nitrogens is 1. The first-order valence-corrected chi connectivity index (χ1v) is 8.42. The van der Waals surface area contributed by atoms with E-state index in [9.17, 15) is 0 Å². The van der Waals surface area contributed by atoms with Crippen molar-refractivity contribution in [3.63, 3.8) is 0 Å². The zero-order valence-electron chi connectivity index (χ0n) is 13.5. The van der Waals surface area contributed by atoms with Crippen molar-refractivity contribution < 1.29 is 0 Å². The van der Waals surface area contributed by atoms with Crippen molar-refractivity contribution in [1.82, 2.24) is 15.2 Å². The molecule has 2 aromatic rings. The molecule has 0 aliphatic heterocycles. The van der Waals surface area contributed by atoms with E-state index in [2.05, 4.69) is 57.7 Å². The maximum absolute atomic E-state index is 4.36. The highest BCUT2D eigenvalue weighted by molar-refractivity contribution is 7.09. The first-order valence-electron chi connectivity index (χ1n) is 7.54. The normalized spacial score (nSPS) is 11.5. The first kappa shape index (κ1) is 16.5. The van der Waals surface area contributed by atoms with Gasteiger partial charge in [0.15, 0.2) is 5.96 Å². The third-order valence-electron chi connectivity index (χ3n) is 3.66. The molecule has 0 amide bonds. The third-order valence-corrected chi connectivity index (χ3v) is 4.60. The standard InChI is InChI=1S/C17H24N4S/c1-14-13-19-9-6-15(14)7-10-20-17(18-2)21(3)11-8-16-5-4-12-22-16/h4-6,9,12-13H,7-8,10-11H2,1-3H3,(H,18,20). The molecule has 0 fully saturated rings. The lowest BCUT2D eigenvalue weighted by molar-refractivity contribution is 0.487. The van der Waals surface area contributed by atoms with E-state index in [0.717, 1.165) is 31.9 Å². The van der Waals surface area contributed by atoms with E-state index in [1.807, 2.05) is 30.8 Å². The summed E-state index contributed by atoms with van der Waals surface area (Å²) in [6, 6.07) is 6.37. The molecule has 22 heavy (non-hydrogen) atoms. The maximum Gasteiger partial charge on any atom is 0.193 e. The van der Waals surface area contributed by atoms with Crippen LogP contribution in [0.1, 0.15) is 16.0 Å². The summed E-state index contributed by atoms with van der Waals surface area (Å²) < 4.78 is 0. The molecule has 0 aromatic carbocycles. The summed E-state index contributed by atoms with van der Waals surface area (Å²) in [7, 11) is 3.92.